The van der Waals surface area contributed by atoms with Gasteiger partial charge < -0.3 is 14.2 Å². The molecule has 0 aromatic heterocycles. The third-order valence-electron chi connectivity index (χ3n) is 5.18. The average molecular weight is 417 g/mol. The van der Waals surface area contributed by atoms with Gasteiger partial charge in [-0.1, -0.05) is 60.7 Å². The molecule has 3 aromatic carbocycles. The summed E-state index contributed by atoms with van der Waals surface area (Å²) in [5, 5.41) is 0. The first-order valence-corrected chi connectivity index (χ1v) is 10.0. The molecular weight excluding hydrogens is 394 g/mol. The number of hydrogen-bond acceptors (Lipinski definition) is 5. The summed E-state index contributed by atoms with van der Waals surface area (Å²) in [5.41, 5.74) is 2.46. The monoisotopic (exact) mass is 417 g/mol. The van der Waals surface area contributed by atoms with Crippen LogP contribution in [-0.2, 0) is 27.3 Å². The van der Waals surface area contributed by atoms with E-state index in [9.17, 15) is 9.59 Å². The van der Waals surface area contributed by atoms with Crippen LogP contribution in [0.3, 0.4) is 0 Å². The maximum absolute atomic E-state index is 13.1. The van der Waals surface area contributed by atoms with Gasteiger partial charge in [0.15, 0.2) is 0 Å². The van der Waals surface area contributed by atoms with Crippen LogP contribution in [0, 0.1) is 0 Å². The van der Waals surface area contributed by atoms with E-state index in [2.05, 4.69) is 0 Å². The maximum Gasteiger partial charge on any atom is 0.414 e. The number of ether oxygens (including phenoxy) is 3. The van der Waals surface area contributed by atoms with E-state index in [0.717, 1.165) is 11.1 Å². The van der Waals surface area contributed by atoms with E-state index in [0.29, 0.717) is 17.7 Å². The van der Waals surface area contributed by atoms with Crippen molar-refractivity contribution in [3.8, 4) is 5.75 Å². The van der Waals surface area contributed by atoms with Gasteiger partial charge in [-0.05, 0) is 35.4 Å². The van der Waals surface area contributed by atoms with Crippen LogP contribution in [0.4, 0.5) is 4.79 Å². The Bertz CT molecular complexity index is 1020. The standard InChI is InChI=1S/C25H23NO5/c1-29-21-14-12-20(13-15-21)23-26(25(28)30-17-19-10-6-3-7-11-19)22(24(27)31-23)16-18-8-4-2-5-9-18/h2-15,22-23H,16-17H2,1H3/t22-,23-/m0/s1. The zero-order valence-corrected chi connectivity index (χ0v) is 17.1. The Morgan fingerprint density at radius 1 is 0.903 bits per heavy atom. The summed E-state index contributed by atoms with van der Waals surface area (Å²) in [6.07, 6.45) is -1.13. The highest BCUT2D eigenvalue weighted by atomic mass is 16.6. The van der Waals surface area contributed by atoms with E-state index in [1.54, 1.807) is 31.4 Å². The first-order chi connectivity index (χ1) is 15.2. The SMILES string of the molecule is COc1ccc([C@@H]2OC(=O)[C@H](Cc3ccccc3)N2C(=O)OCc2ccccc2)cc1. The Hall–Kier alpha value is -3.80. The molecule has 31 heavy (non-hydrogen) atoms. The maximum atomic E-state index is 13.1. The Morgan fingerprint density at radius 2 is 1.52 bits per heavy atom. The number of carbonyl (C=O) groups is 2. The first kappa shape index (κ1) is 20.5. The third-order valence-corrected chi connectivity index (χ3v) is 5.18. The molecule has 2 atom stereocenters. The molecule has 0 bridgehead atoms. The molecule has 0 saturated carbocycles. The number of cyclic esters (lactones) is 1. The van der Waals surface area contributed by atoms with Crippen LogP contribution in [0.1, 0.15) is 22.9 Å². The molecule has 158 valence electrons. The number of nitrogens with zero attached hydrogens (tertiary/aromatic N) is 1. The lowest BCUT2D eigenvalue weighted by molar-refractivity contribution is -0.142. The number of methoxy groups -OCH3 is 1. The van der Waals surface area contributed by atoms with Crippen molar-refractivity contribution in [3.05, 3.63) is 102 Å². The van der Waals surface area contributed by atoms with Crippen molar-refractivity contribution in [2.75, 3.05) is 7.11 Å². The average Bonchev–Trinajstić information content (AvgIpc) is 3.15. The molecule has 1 saturated heterocycles. The molecule has 0 spiro atoms. The summed E-state index contributed by atoms with van der Waals surface area (Å²) < 4.78 is 16.4. The van der Waals surface area contributed by atoms with Gasteiger partial charge in [0.05, 0.1) is 7.11 Å². The molecule has 0 radical (unpaired) electrons. The second-order valence-electron chi connectivity index (χ2n) is 7.22. The topological polar surface area (TPSA) is 65.1 Å². The Kier molecular flexibility index (Phi) is 6.17. The number of benzene rings is 3. The smallest absolute Gasteiger partial charge is 0.414 e. The second kappa shape index (κ2) is 9.34. The van der Waals surface area contributed by atoms with E-state index >= 15 is 0 Å². The summed E-state index contributed by atoms with van der Waals surface area (Å²) in [6, 6.07) is 25.2. The van der Waals surface area contributed by atoms with Crippen molar-refractivity contribution in [2.45, 2.75) is 25.3 Å². The molecule has 3 aromatic rings. The van der Waals surface area contributed by atoms with Gasteiger partial charge in [-0.2, -0.15) is 0 Å². The van der Waals surface area contributed by atoms with Gasteiger partial charge in [-0.15, -0.1) is 0 Å². The van der Waals surface area contributed by atoms with Crippen molar-refractivity contribution >= 4 is 12.1 Å². The van der Waals surface area contributed by atoms with Crippen LogP contribution in [-0.4, -0.2) is 30.1 Å². The van der Waals surface area contributed by atoms with Gasteiger partial charge in [-0.25, -0.2) is 9.59 Å². The van der Waals surface area contributed by atoms with Crippen molar-refractivity contribution in [1.82, 2.24) is 4.90 Å². The second-order valence-corrected chi connectivity index (χ2v) is 7.22. The molecule has 0 aliphatic carbocycles. The molecule has 1 heterocycles. The fraction of sp³-hybridized carbons (Fsp3) is 0.200. The van der Waals surface area contributed by atoms with Crippen LogP contribution in [0.25, 0.3) is 0 Å². The van der Waals surface area contributed by atoms with Crippen LogP contribution < -0.4 is 4.74 Å². The van der Waals surface area contributed by atoms with E-state index < -0.39 is 24.3 Å². The third kappa shape index (κ3) is 4.69. The van der Waals surface area contributed by atoms with E-state index in [1.165, 1.54) is 4.90 Å². The van der Waals surface area contributed by atoms with E-state index in [-0.39, 0.29) is 6.61 Å². The van der Waals surface area contributed by atoms with Crippen molar-refractivity contribution in [1.29, 1.82) is 0 Å². The summed E-state index contributed by atoms with van der Waals surface area (Å²) in [7, 11) is 1.58. The van der Waals surface area contributed by atoms with Crippen LogP contribution in [0.2, 0.25) is 0 Å². The first-order valence-electron chi connectivity index (χ1n) is 10.0. The normalized spacial score (nSPS) is 17.8. The number of amides is 1. The number of hydrogen-bond donors (Lipinski definition) is 0. The summed E-state index contributed by atoms with van der Waals surface area (Å²) in [5.74, 6) is 0.216. The molecular formula is C25H23NO5. The van der Waals surface area contributed by atoms with Crippen LogP contribution >= 0.6 is 0 Å². The number of esters is 1. The predicted molar refractivity (Wildman–Crippen MR) is 114 cm³/mol. The number of carbonyl (C=O) groups excluding carboxylic acids is 2. The quantitative estimate of drug-likeness (QED) is 0.553. The Morgan fingerprint density at radius 3 is 2.13 bits per heavy atom. The lowest BCUT2D eigenvalue weighted by Gasteiger charge is -2.26. The minimum absolute atomic E-state index is 0.109. The highest BCUT2D eigenvalue weighted by Crippen LogP contribution is 2.34. The van der Waals surface area contributed by atoms with Gasteiger partial charge in [0.1, 0.15) is 18.4 Å². The van der Waals surface area contributed by atoms with Gasteiger partial charge in [0, 0.05) is 12.0 Å². The molecule has 1 fully saturated rings. The van der Waals surface area contributed by atoms with Gasteiger partial charge in [-0.3, -0.25) is 4.90 Å². The van der Waals surface area contributed by atoms with Crippen molar-refractivity contribution in [3.63, 3.8) is 0 Å². The summed E-state index contributed by atoms with van der Waals surface area (Å²) in [6.45, 7) is 0.109. The Labute approximate surface area is 181 Å². The molecule has 1 amide bonds. The van der Waals surface area contributed by atoms with Gasteiger partial charge >= 0.3 is 12.1 Å². The van der Waals surface area contributed by atoms with Crippen LogP contribution in [0.15, 0.2) is 84.9 Å². The fourth-order valence-corrected chi connectivity index (χ4v) is 3.56. The molecule has 0 N–H and O–H groups in total. The summed E-state index contributed by atoms with van der Waals surface area (Å²) >= 11 is 0. The molecule has 6 nitrogen and oxygen atoms in total. The van der Waals surface area contributed by atoms with Gasteiger partial charge in [0.2, 0.25) is 6.23 Å². The van der Waals surface area contributed by atoms with E-state index in [1.807, 2.05) is 60.7 Å². The zero-order valence-electron chi connectivity index (χ0n) is 17.1. The van der Waals surface area contributed by atoms with Crippen molar-refractivity contribution < 1.29 is 23.8 Å². The van der Waals surface area contributed by atoms with Crippen molar-refractivity contribution in [2.24, 2.45) is 0 Å². The van der Waals surface area contributed by atoms with Gasteiger partial charge in [0.25, 0.3) is 0 Å². The largest absolute Gasteiger partial charge is 0.497 e. The molecule has 1 aliphatic rings. The molecule has 6 heteroatoms. The molecule has 4 rings (SSSR count). The highest BCUT2D eigenvalue weighted by Gasteiger charge is 2.46. The number of rotatable bonds is 6. The predicted octanol–water partition coefficient (Wildman–Crippen LogP) is 4.50. The lowest BCUT2D eigenvalue weighted by atomic mass is 10.0. The van der Waals surface area contributed by atoms with E-state index in [4.69, 9.17) is 14.2 Å². The summed E-state index contributed by atoms with van der Waals surface area (Å²) in [4.78, 5) is 27.3. The zero-order chi connectivity index (χ0) is 21.6. The minimum Gasteiger partial charge on any atom is -0.497 e. The Balaban J connectivity index is 1.59. The van der Waals surface area contributed by atoms with Crippen LogP contribution in [0.5, 0.6) is 5.75 Å². The lowest BCUT2D eigenvalue weighted by Crippen LogP contribution is -2.41. The minimum atomic E-state index is -0.865. The molecule has 1 aliphatic heterocycles. The molecule has 0 unspecified atom stereocenters. The highest BCUT2D eigenvalue weighted by molar-refractivity contribution is 5.85. The fourth-order valence-electron chi connectivity index (χ4n) is 3.56.